The molecule has 0 aliphatic carbocycles. The minimum Gasteiger partial charge on any atom is -0.352 e. The Bertz CT molecular complexity index is 533. The number of carbonyl (C=O) groups excluding carboxylic acids is 1. The fraction of sp³-hybridized carbons (Fsp3) is 0.385. The first kappa shape index (κ1) is 12.6. The quantitative estimate of drug-likeness (QED) is 0.780. The van der Waals surface area contributed by atoms with Crippen LogP contribution >= 0.6 is 0 Å². The Kier molecular flexibility index (Phi) is 3.94. The summed E-state index contributed by atoms with van der Waals surface area (Å²) in [5.74, 6) is -0.0481. The van der Waals surface area contributed by atoms with Crippen LogP contribution < -0.4 is 5.32 Å². The average Bonchev–Trinajstić information content (AvgIpc) is 2.78. The Morgan fingerprint density at radius 1 is 1.50 bits per heavy atom. The number of nitrogens with zero attached hydrogens (tertiary/aromatic N) is 2. The third kappa shape index (κ3) is 2.87. The smallest absolute Gasteiger partial charge is 0.253 e. The number of carbonyl (C=O) groups is 1. The fourth-order valence-corrected chi connectivity index (χ4v) is 1.84. The Morgan fingerprint density at radius 3 is 3.11 bits per heavy atom. The van der Waals surface area contributed by atoms with Crippen molar-refractivity contribution in [2.24, 2.45) is 0 Å². The van der Waals surface area contributed by atoms with Gasteiger partial charge in [0.05, 0.1) is 5.56 Å². The third-order valence-corrected chi connectivity index (χ3v) is 2.76. The fourth-order valence-electron chi connectivity index (χ4n) is 1.84. The monoisotopic (exact) mass is 246 g/mol. The van der Waals surface area contributed by atoms with Gasteiger partial charge in [0.25, 0.3) is 5.91 Å². The third-order valence-electron chi connectivity index (χ3n) is 2.76. The van der Waals surface area contributed by atoms with Crippen molar-refractivity contribution < 1.29 is 4.79 Å². The van der Waals surface area contributed by atoms with Gasteiger partial charge in [0.2, 0.25) is 0 Å². The number of fused-ring (bicyclic) bond motifs is 1. The van der Waals surface area contributed by atoms with Crippen molar-refractivity contribution in [3.63, 3.8) is 0 Å². The molecule has 0 aliphatic rings. The van der Waals surface area contributed by atoms with Gasteiger partial charge in [-0.25, -0.2) is 4.98 Å². The molecule has 2 heterocycles. The minimum atomic E-state index is -0.0481. The number of hydrogen-bond donors (Lipinski definition) is 2. The van der Waals surface area contributed by atoms with E-state index in [4.69, 9.17) is 0 Å². The van der Waals surface area contributed by atoms with Gasteiger partial charge in [-0.15, -0.1) is 0 Å². The van der Waals surface area contributed by atoms with Gasteiger partial charge in [-0.3, -0.25) is 4.79 Å². The first-order chi connectivity index (χ1) is 8.68. The van der Waals surface area contributed by atoms with Crippen LogP contribution in [0.5, 0.6) is 0 Å². The molecule has 2 N–H and O–H groups in total. The molecule has 0 saturated carbocycles. The van der Waals surface area contributed by atoms with Crippen molar-refractivity contribution in [3.05, 3.63) is 30.1 Å². The molecule has 2 rings (SSSR count). The first-order valence-electron chi connectivity index (χ1n) is 6.03. The molecule has 2 aromatic heterocycles. The largest absolute Gasteiger partial charge is 0.352 e. The standard InChI is InChI=1S/C13H18N4O/c1-17(2)8-4-7-15-13(18)11-9-16-12-10(11)5-3-6-14-12/h3,5-6,9H,4,7-8H2,1-2H3,(H,14,16)(H,15,18). The normalized spacial score (nSPS) is 11.1. The van der Waals surface area contributed by atoms with E-state index in [1.165, 1.54) is 0 Å². The maximum Gasteiger partial charge on any atom is 0.253 e. The van der Waals surface area contributed by atoms with Crippen LogP contribution in [0.15, 0.2) is 24.5 Å². The van der Waals surface area contributed by atoms with E-state index in [-0.39, 0.29) is 5.91 Å². The van der Waals surface area contributed by atoms with Crippen LogP contribution in [0.4, 0.5) is 0 Å². The molecule has 1 amide bonds. The van der Waals surface area contributed by atoms with Crippen LogP contribution in [0, 0.1) is 0 Å². The number of nitrogens with one attached hydrogen (secondary N) is 2. The maximum atomic E-state index is 12.0. The topological polar surface area (TPSA) is 61.0 Å². The summed E-state index contributed by atoms with van der Waals surface area (Å²) < 4.78 is 0. The van der Waals surface area contributed by atoms with Gasteiger partial charge in [0, 0.05) is 24.3 Å². The molecule has 96 valence electrons. The number of aromatic nitrogens is 2. The van der Waals surface area contributed by atoms with E-state index in [9.17, 15) is 4.79 Å². The van der Waals surface area contributed by atoms with Crippen molar-refractivity contribution >= 4 is 16.9 Å². The second kappa shape index (κ2) is 5.64. The highest BCUT2D eigenvalue weighted by molar-refractivity contribution is 6.05. The van der Waals surface area contributed by atoms with Gasteiger partial charge in [-0.2, -0.15) is 0 Å². The molecule has 0 radical (unpaired) electrons. The number of amides is 1. The van der Waals surface area contributed by atoms with Crippen LogP contribution in [0.3, 0.4) is 0 Å². The summed E-state index contributed by atoms with van der Waals surface area (Å²) in [6.45, 7) is 1.65. The lowest BCUT2D eigenvalue weighted by molar-refractivity contribution is 0.0954. The lowest BCUT2D eigenvalue weighted by Crippen LogP contribution is -2.26. The van der Waals surface area contributed by atoms with E-state index in [1.807, 2.05) is 26.2 Å². The summed E-state index contributed by atoms with van der Waals surface area (Å²) in [6, 6.07) is 3.73. The summed E-state index contributed by atoms with van der Waals surface area (Å²) in [7, 11) is 4.04. The van der Waals surface area contributed by atoms with E-state index in [2.05, 4.69) is 20.2 Å². The molecule has 0 spiro atoms. The van der Waals surface area contributed by atoms with E-state index in [1.54, 1.807) is 12.4 Å². The predicted octanol–water partition coefficient (Wildman–Crippen LogP) is 1.24. The van der Waals surface area contributed by atoms with Gasteiger partial charge in [0.15, 0.2) is 0 Å². The predicted molar refractivity (Wildman–Crippen MR) is 71.6 cm³/mol. The van der Waals surface area contributed by atoms with Crippen LogP contribution in [0.25, 0.3) is 11.0 Å². The minimum absolute atomic E-state index is 0.0481. The number of H-pyrrole nitrogens is 1. The van der Waals surface area contributed by atoms with E-state index >= 15 is 0 Å². The Morgan fingerprint density at radius 2 is 2.33 bits per heavy atom. The van der Waals surface area contributed by atoms with Crippen molar-refractivity contribution in [3.8, 4) is 0 Å². The maximum absolute atomic E-state index is 12.0. The molecule has 0 saturated heterocycles. The molecular formula is C13H18N4O. The molecule has 5 nitrogen and oxygen atoms in total. The highest BCUT2D eigenvalue weighted by Crippen LogP contribution is 2.15. The molecule has 0 atom stereocenters. The number of pyridine rings is 1. The number of rotatable bonds is 5. The summed E-state index contributed by atoms with van der Waals surface area (Å²) >= 11 is 0. The highest BCUT2D eigenvalue weighted by atomic mass is 16.1. The number of aromatic amines is 1. The molecule has 5 heteroatoms. The van der Waals surface area contributed by atoms with Crippen LogP contribution in [-0.2, 0) is 0 Å². The van der Waals surface area contributed by atoms with Crippen molar-refractivity contribution in [2.75, 3.05) is 27.2 Å². The molecule has 2 aromatic rings. The summed E-state index contributed by atoms with van der Waals surface area (Å²) in [4.78, 5) is 21.3. The zero-order chi connectivity index (χ0) is 13.0. The van der Waals surface area contributed by atoms with Gasteiger partial charge in [-0.1, -0.05) is 0 Å². The van der Waals surface area contributed by atoms with Crippen LogP contribution in [-0.4, -0.2) is 48.0 Å². The van der Waals surface area contributed by atoms with Crippen molar-refractivity contribution in [1.29, 1.82) is 0 Å². The summed E-state index contributed by atoms with van der Waals surface area (Å²) in [6.07, 6.45) is 4.36. The molecule has 0 fully saturated rings. The van der Waals surface area contributed by atoms with E-state index in [0.717, 1.165) is 24.0 Å². The molecular weight excluding hydrogens is 228 g/mol. The average molecular weight is 246 g/mol. The zero-order valence-electron chi connectivity index (χ0n) is 10.7. The second-order valence-electron chi connectivity index (χ2n) is 4.51. The van der Waals surface area contributed by atoms with Gasteiger partial charge < -0.3 is 15.2 Å². The Hall–Kier alpha value is -1.88. The van der Waals surface area contributed by atoms with Crippen molar-refractivity contribution in [1.82, 2.24) is 20.2 Å². The Balaban J connectivity index is 1.97. The SMILES string of the molecule is CN(C)CCCNC(=O)c1c[nH]c2ncccc12. The zero-order valence-corrected chi connectivity index (χ0v) is 10.7. The molecule has 0 aromatic carbocycles. The van der Waals surface area contributed by atoms with Crippen LogP contribution in [0.2, 0.25) is 0 Å². The van der Waals surface area contributed by atoms with Gasteiger partial charge in [-0.05, 0) is 39.2 Å². The lowest BCUT2D eigenvalue weighted by atomic mass is 10.2. The number of hydrogen-bond acceptors (Lipinski definition) is 3. The highest BCUT2D eigenvalue weighted by Gasteiger charge is 2.11. The Labute approximate surface area is 106 Å². The second-order valence-corrected chi connectivity index (χ2v) is 4.51. The molecule has 0 bridgehead atoms. The van der Waals surface area contributed by atoms with Crippen molar-refractivity contribution in [2.45, 2.75) is 6.42 Å². The lowest BCUT2D eigenvalue weighted by Gasteiger charge is -2.09. The molecule has 18 heavy (non-hydrogen) atoms. The first-order valence-corrected chi connectivity index (χ1v) is 6.03. The van der Waals surface area contributed by atoms with Gasteiger partial charge in [0.1, 0.15) is 5.65 Å². The van der Waals surface area contributed by atoms with E-state index < -0.39 is 0 Å². The summed E-state index contributed by atoms with van der Waals surface area (Å²) in [5, 5.41) is 3.78. The van der Waals surface area contributed by atoms with Crippen LogP contribution in [0.1, 0.15) is 16.8 Å². The summed E-state index contributed by atoms with van der Waals surface area (Å²) in [5.41, 5.74) is 1.40. The molecule has 0 aliphatic heterocycles. The molecule has 0 unspecified atom stereocenters. The van der Waals surface area contributed by atoms with E-state index in [0.29, 0.717) is 12.1 Å². The van der Waals surface area contributed by atoms with Gasteiger partial charge >= 0.3 is 0 Å².